The van der Waals surface area contributed by atoms with Crippen LogP contribution in [-0.2, 0) is 14.4 Å². The maximum absolute atomic E-state index is 12.7. The molecular weight excluding hydrogens is 464 g/mol. The number of thioether (sulfide) groups is 1. The van der Waals surface area contributed by atoms with E-state index in [4.69, 9.17) is 5.73 Å². The van der Waals surface area contributed by atoms with Crippen LogP contribution in [0.2, 0.25) is 0 Å². The first-order valence-electron chi connectivity index (χ1n) is 8.62. The summed E-state index contributed by atoms with van der Waals surface area (Å²) in [6.45, 7) is 0. The fourth-order valence-electron chi connectivity index (χ4n) is 3.08. The second-order valence-electron chi connectivity index (χ2n) is 6.30. The maximum Gasteiger partial charge on any atom is 0.352 e. The van der Waals surface area contributed by atoms with Crippen molar-refractivity contribution in [2.24, 2.45) is 5.16 Å². The number of thiazole rings is 2. The van der Waals surface area contributed by atoms with Gasteiger partial charge in [0.2, 0.25) is 0 Å². The molecule has 2 atom stereocenters. The van der Waals surface area contributed by atoms with Gasteiger partial charge in [-0.05, 0) is 11.6 Å². The van der Waals surface area contributed by atoms with Gasteiger partial charge in [-0.15, -0.1) is 34.4 Å². The SMILES string of the molecule is Nc1nc(/C(=N\O)C(=O)NC2C(=O)N3C(C(=O)O)=C(/C=C/c4cncs4)CS[C@H]23)cs1. The molecule has 0 spiro atoms. The molecule has 31 heavy (non-hydrogen) atoms. The fourth-order valence-corrected chi connectivity index (χ4v) is 5.46. The Hall–Kier alpha value is -3.23. The number of nitrogens with zero attached hydrogens (tertiary/aromatic N) is 4. The van der Waals surface area contributed by atoms with Crippen LogP contribution in [0.1, 0.15) is 10.6 Å². The first-order valence-corrected chi connectivity index (χ1v) is 11.4. The summed E-state index contributed by atoms with van der Waals surface area (Å²) in [6, 6.07) is -0.966. The third-order valence-electron chi connectivity index (χ3n) is 4.47. The molecule has 0 bridgehead atoms. The number of anilines is 1. The standard InChI is InChI=1S/C17H14N6O5S3/c18-17-20-9(5-30-17)10(22-28)13(24)21-11-14(25)23-12(16(26)27)7(4-29-15(11)23)1-2-8-3-19-6-31-8/h1-3,5-6,11,15,28H,4H2,(H2,18,20)(H,21,24)(H,26,27)/b2-1+,22-10+/t11?,15-/m1/s1. The zero-order valence-corrected chi connectivity index (χ0v) is 17.9. The van der Waals surface area contributed by atoms with Crippen LogP contribution >= 0.6 is 34.4 Å². The van der Waals surface area contributed by atoms with Crippen molar-refractivity contribution in [3.63, 3.8) is 0 Å². The third-order valence-corrected chi connectivity index (χ3v) is 7.18. The number of β-lactam (4-membered cyclic amide) rings is 1. The van der Waals surface area contributed by atoms with Crippen molar-refractivity contribution in [3.05, 3.63) is 45.0 Å². The highest BCUT2D eigenvalue weighted by atomic mass is 32.2. The minimum atomic E-state index is -1.23. The molecule has 1 fully saturated rings. The first-order chi connectivity index (χ1) is 14.9. The molecular formula is C17H14N6O5S3. The number of rotatable bonds is 6. The van der Waals surface area contributed by atoms with E-state index >= 15 is 0 Å². The monoisotopic (exact) mass is 478 g/mol. The summed E-state index contributed by atoms with van der Waals surface area (Å²) in [5.74, 6) is -2.28. The van der Waals surface area contributed by atoms with E-state index in [1.54, 1.807) is 23.9 Å². The molecule has 14 heteroatoms. The Bertz CT molecular complexity index is 1140. The van der Waals surface area contributed by atoms with Crippen molar-refractivity contribution >= 4 is 69.1 Å². The lowest BCUT2D eigenvalue weighted by atomic mass is 10.0. The molecule has 0 radical (unpaired) electrons. The zero-order chi connectivity index (χ0) is 22.1. The van der Waals surface area contributed by atoms with Gasteiger partial charge >= 0.3 is 5.97 Å². The smallest absolute Gasteiger partial charge is 0.352 e. The highest BCUT2D eigenvalue weighted by Crippen LogP contribution is 2.40. The van der Waals surface area contributed by atoms with E-state index in [-0.39, 0.29) is 22.2 Å². The molecule has 11 nitrogen and oxygen atoms in total. The van der Waals surface area contributed by atoms with Gasteiger partial charge in [0.05, 0.1) is 5.51 Å². The Morgan fingerprint density at radius 2 is 2.16 bits per heavy atom. The molecule has 4 heterocycles. The molecule has 2 aromatic heterocycles. The van der Waals surface area contributed by atoms with Gasteiger partial charge in [0, 0.05) is 22.2 Å². The lowest BCUT2D eigenvalue weighted by Crippen LogP contribution is -2.71. The number of nitrogen functional groups attached to an aromatic ring is 1. The number of oxime groups is 1. The molecule has 0 saturated carbocycles. The van der Waals surface area contributed by atoms with Crippen molar-refractivity contribution in [1.82, 2.24) is 20.2 Å². The fraction of sp³-hybridized carbons (Fsp3) is 0.176. The molecule has 5 N–H and O–H groups in total. The van der Waals surface area contributed by atoms with Crippen LogP contribution in [0, 0.1) is 0 Å². The van der Waals surface area contributed by atoms with Crippen LogP contribution in [-0.4, -0.2) is 65.8 Å². The normalized spacial score (nSPS) is 21.2. The number of carboxylic acid groups (broad SMARTS) is 1. The summed E-state index contributed by atoms with van der Waals surface area (Å²) < 4.78 is 0. The lowest BCUT2D eigenvalue weighted by molar-refractivity contribution is -0.150. The number of allylic oxidation sites excluding steroid dienone is 1. The number of fused-ring (bicyclic) bond motifs is 1. The highest BCUT2D eigenvalue weighted by molar-refractivity contribution is 8.00. The van der Waals surface area contributed by atoms with E-state index in [1.165, 1.54) is 28.5 Å². The van der Waals surface area contributed by atoms with Crippen LogP contribution in [0.3, 0.4) is 0 Å². The van der Waals surface area contributed by atoms with Crippen LogP contribution in [0.15, 0.2) is 39.6 Å². The topological polar surface area (TPSA) is 171 Å². The molecule has 160 valence electrons. The number of carbonyl (C=O) groups excluding carboxylic acids is 2. The van der Waals surface area contributed by atoms with E-state index in [0.717, 1.165) is 21.1 Å². The van der Waals surface area contributed by atoms with Crippen molar-refractivity contribution in [1.29, 1.82) is 0 Å². The second kappa shape index (κ2) is 8.49. The molecule has 0 aliphatic carbocycles. The Morgan fingerprint density at radius 1 is 1.35 bits per heavy atom. The van der Waals surface area contributed by atoms with Crippen molar-refractivity contribution in [3.8, 4) is 0 Å². The summed E-state index contributed by atoms with van der Waals surface area (Å²) in [5.41, 5.74) is 7.24. The summed E-state index contributed by atoms with van der Waals surface area (Å²) in [7, 11) is 0. The average molecular weight is 479 g/mol. The number of nitrogens with two attached hydrogens (primary N) is 1. The van der Waals surface area contributed by atoms with Gasteiger partial charge in [-0.2, -0.15) is 0 Å². The molecule has 2 aliphatic heterocycles. The minimum absolute atomic E-state index is 0.0732. The van der Waals surface area contributed by atoms with Gasteiger partial charge in [-0.25, -0.2) is 9.78 Å². The summed E-state index contributed by atoms with van der Waals surface area (Å²) in [4.78, 5) is 47.0. The summed E-state index contributed by atoms with van der Waals surface area (Å²) in [5, 5.41) is 25.4. The van der Waals surface area contributed by atoms with E-state index < -0.39 is 29.2 Å². The number of hydrogen-bond acceptors (Lipinski definition) is 11. The van der Waals surface area contributed by atoms with E-state index in [9.17, 15) is 24.7 Å². The molecule has 2 aromatic rings. The van der Waals surface area contributed by atoms with Crippen molar-refractivity contribution in [2.45, 2.75) is 11.4 Å². The number of aromatic nitrogens is 2. The van der Waals surface area contributed by atoms with Crippen LogP contribution in [0.5, 0.6) is 0 Å². The van der Waals surface area contributed by atoms with E-state index in [1.807, 2.05) is 0 Å². The van der Waals surface area contributed by atoms with Gasteiger partial charge in [0.25, 0.3) is 11.8 Å². The quantitative estimate of drug-likeness (QED) is 0.203. The lowest BCUT2D eigenvalue weighted by Gasteiger charge is -2.49. The summed E-state index contributed by atoms with van der Waals surface area (Å²) >= 11 is 3.79. The molecule has 4 rings (SSSR count). The van der Waals surface area contributed by atoms with Crippen LogP contribution < -0.4 is 11.1 Å². The van der Waals surface area contributed by atoms with E-state index in [2.05, 4.69) is 20.4 Å². The Balaban J connectivity index is 1.52. The van der Waals surface area contributed by atoms with Crippen molar-refractivity contribution < 1.29 is 24.7 Å². The Labute approximate surface area is 187 Å². The number of hydrogen-bond donors (Lipinski definition) is 4. The number of amides is 2. The van der Waals surface area contributed by atoms with Crippen LogP contribution in [0.4, 0.5) is 5.13 Å². The zero-order valence-electron chi connectivity index (χ0n) is 15.5. The largest absolute Gasteiger partial charge is 0.477 e. The molecule has 0 aromatic carbocycles. The predicted octanol–water partition coefficient (Wildman–Crippen LogP) is 0.812. The number of nitrogens with one attached hydrogen (secondary N) is 1. The molecule has 2 amide bonds. The molecule has 1 saturated heterocycles. The second-order valence-corrected chi connectivity index (χ2v) is 9.21. The summed E-state index contributed by atoms with van der Waals surface area (Å²) in [6.07, 6.45) is 5.05. The van der Waals surface area contributed by atoms with Crippen molar-refractivity contribution in [2.75, 3.05) is 11.5 Å². The third kappa shape index (κ3) is 3.92. The predicted molar refractivity (Wildman–Crippen MR) is 116 cm³/mol. The van der Waals surface area contributed by atoms with Gasteiger partial charge in [0.1, 0.15) is 22.8 Å². The molecule has 1 unspecified atom stereocenters. The Morgan fingerprint density at radius 3 is 2.77 bits per heavy atom. The van der Waals surface area contributed by atoms with Crippen LogP contribution in [0.25, 0.3) is 6.08 Å². The first kappa shape index (κ1) is 21.0. The van der Waals surface area contributed by atoms with E-state index in [0.29, 0.717) is 11.3 Å². The number of carboxylic acids is 1. The van der Waals surface area contributed by atoms with Gasteiger partial charge in [0.15, 0.2) is 10.8 Å². The van der Waals surface area contributed by atoms with Gasteiger partial charge in [-0.1, -0.05) is 11.2 Å². The highest BCUT2D eigenvalue weighted by Gasteiger charge is 2.54. The maximum atomic E-state index is 12.7. The minimum Gasteiger partial charge on any atom is -0.477 e. The molecule has 2 aliphatic rings. The average Bonchev–Trinajstić information content (AvgIpc) is 3.42. The van der Waals surface area contributed by atoms with Gasteiger partial charge in [-0.3, -0.25) is 19.5 Å². The number of aliphatic carboxylic acids is 1. The Kier molecular flexibility index (Phi) is 5.75. The number of carbonyl (C=O) groups is 3. The van der Waals surface area contributed by atoms with Gasteiger partial charge < -0.3 is 21.4 Å².